The van der Waals surface area contributed by atoms with Gasteiger partial charge in [0.2, 0.25) is 0 Å². The number of aromatic nitrogens is 2. The molecule has 94 valence electrons. The van der Waals surface area contributed by atoms with Crippen LogP contribution in [0.1, 0.15) is 11.1 Å². The first kappa shape index (κ1) is 12.7. The molecule has 0 saturated carbocycles. The highest BCUT2D eigenvalue weighted by molar-refractivity contribution is 7.99. The van der Waals surface area contributed by atoms with Gasteiger partial charge in [0, 0.05) is 4.90 Å². The summed E-state index contributed by atoms with van der Waals surface area (Å²) in [4.78, 5) is 9.29. The van der Waals surface area contributed by atoms with Crippen LogP contribution < -0.4 is 10.5 Å². The number of rotatable bonds is 3. The third-order valence-electron chi connectivity index (χ3n) is 2.55. The number of nitrogens with two attached hydrogens (primary N) is 1. The quantitative estimate of drug-likeness (QED) is 0.861. The second-order valence-corrected chi connectivity index (χ2v) is 5.00. The molecule has 0 bridgehead atoms. The van der Waals surface area contributed by atoms with Crippen LogP contribution in [0.3, 0.4) is 0 Å². The van der Waals surface area contributed by atoms with Gasteiger partial charge < -0.3 is 10.5 Å². The van der Waals surface area contributed by atoms with Crippen LogP contribution in [0.5, 0.6) is 5.75 Å². The van der Waals surface area contributed by atoms with Gasteiger partial charge in [-0.15, -0.1) is 0 Å². The van der Waals surface area contributed by atoms with Crippen molar-refractivity contribution in [3.05, 3.63) is 35.7 Å². The van der Waals surface area contributed by atoms with Crippen molar-refractivity contribution < 1.29 is 4.74 Å². The van der Waals surface area contributed by atoms with E-state index in [1.807, 2.05) is 0 Å². The number of anilines is 1. The summed E-state index contributed by atoms with van der Waals surface area (Å²) >= 11 is 1.54. The highest BCUT2D eigenvalue weighted by atomic mass is 32.2. The van der Waals surface area contributed by atoms with Crippen LogP contribution in [0.25, 0.3) is 0 Å². The minimum atomic E-state index is 0.361. The standard InChI is InChI=1S/C13H15N3OS/c1-8-4-5-9(2)10(6-8)18-13-11(17-3)12(14)15-7-16-13/h4-7H,1-3H3,(H2,14,15,16). The first-order chi connectivity index (χ1) is 8.61. The Morgan fingerprint density at radius 1 is 1.22 bits per heavy atom. The van der Waals surface area contributed by atoms with E-state index < -0.39 is 0 Å². The SMILES string of the molecule is COc1c(N)ncnc1Sc1cc(C)ccc1C. The summed E-state index contributed by atoms with van der Waals surface area (Å²) in [6.45, 7) is 4.13. The molecular weight excluding hydrogens is 246 g/mol. The minimum Gasteiger partial charge on any atom is -0.490 e. The van der Waals surface area contributed by atoms with E-state index in [1.54, 1.807) is 7.11 Å². The molecule has 0 fully saturated rings. The van der Waals surface area contributed by atoms with E-state index in [0.29, 0.717) is 11.6 Å². The molecule has 2 rings (SSSR count). The summed E-state index contributed by atoms with van der Waals surface area (Å²) in [6, 6.07) is 6.30. The Labute approximate surface area is 111 Å². The number of aryl methyl sites for hydroxylation is 2. The molecule has 2 aromatic rings. The maximum Gasteiger partial charge on any atom is 0.193 e. The zero-order valence-corrected chi connectivity index (χ0v) is 11.4. The molecule has 0 aliphatic rings. The van der Waals surface area contributed by atoms with Gasteiger partial charge in [0.1, 0.15) is 11.4 Å². The third kappa shape index (κ3) is 2.56. The molecular formula is C13H15N3OS. The predicted octanol–water partition coefficient (Wildman–Crippen LogP) is 2.84. The predicted molar refractivity (Wildman–Crippen MR) is 73.0 cm³/mol. The molecule has 2 N–H and O–H groups in total. The van der Waals surface area contributed by atoms with E-state index >= 15 is 0 Å². The summed E-state index contributed by atoms with van der Waals surface area (Å²) in [5.41, 5.74) is 8.18. The van der Waals surface area contributed by atoms with Gasteiger partial charge in [-0.3, -0.25) is 0 Å². The van der Waals surface area contributed by atoms with E-state index in [4.69, 9.17) is 10.5 Å². The minimum absolute atomic E-state index is 0.361. The average molecular weight is 261 g/mol. The lowest BCUT2D eigenvalue weighted by Gasteiger charge is -2.10. The molecule has 1 aromatic heterocycles. The summed E-state index contributed by atoms with van der Waals surface area (Å²) in [6.07, 6.45) is 1.45. The van der Waals surface area contributed by atoms with Crippen molar-refractivity contribution in [2.45, 2.75) is 23.8 Å². The Bertz CT molecular complexity index is 572. The van der Waals surface area contributed by atoms with E-state index in [9.17, 15) is 0 Å². The third-order valence-corrected chi connectivity index (χ3v) is 3.70. The van der Waals surface area contributed by atoms with Crippen LogP contribution >= 0.6 is 11.8 Å². The monoisotopic (exact) mass is 261 g/mol. The zero-order valence-electron chi connectivity index (χ0n) is 10.6. The fourth-order valence-corrected chi connectivity index (χ4v) is 2.62. The van der Waals surface area contributed by atoms with Crippen molar-refractivity contribution >= 4 is 17.6 Å². The van der Waals surface area contributed by atoms with Crippen LogP contribution in [-0.2, 0) is 0 Å². The largest absolute Gasteiger partial charge is 0.490 e. The van der Waals surface area contributed by atoms with Crippen molar-refractivity contribution in [3.8, 4) is 5.75 Å². The van der Waals surface area contributed by atoms with Crippen molar-refractivity contribution in [2.75, 3.05) is 12.8 Å². The number of hydrogen-bond acceptors (Lipinski definition) is 5. The molecule has 0 aliphatic heterocycles. The molecule has 0 aliphatic carbocycles. The van der Waals surface area contributed by atoms with Gasteiger partial charge in [0.25, 0.3) is 0 Å². The topological polar surface area (TPSA) is 61.0 Å². The zero-order chi connectivity index (χ0) is 13.1. The van der Waals surface area contributed by atoms with Crippen molar-refractivity contribution in [1.82, 2.24) is 9.97 Å². The second kappa shape index (κ2) is 5.27. The smallest absolute Gasteiger partial charge is 0.193 e. The number of nitrogen functional groups attached to an aromatic ring is 1. The van der Waals surface area contributed by atoms with Gasteiger partial charge in [-0.1, -0.05) is 23.9 Å². The first-order valence-corrected chi connectivity index (χ1v) is 6.33. The lowest BCUT2D eigenvalue weighted by molar-refractivity contribution is 0.401. The highest BCUT2D eigenvalue weighted by Crippen LogP contribution is 2.37. The maximum absolute atomic E-state index is 5.76. The van der Waals surface area contributed by atoms with Crippen LogP contribution in [0, 0.1) is 13.8 Å². The molecule has 0 spiro atoms. The molecule has 18 heavy (non-hydrogen) atoms. The van der Waals surface area contributed by atoms with Crippen LogP contribution in [0.15, 0.2) is 34.4 Å². The number of methoxy groups -OCH3 is 1. The molecule has 0 amide bonds. The van der Waals surface area contributed by atoms with Crippen molar-refractivity contribution in [3.63, 3.8) is 0 Å². The first-order valence-electron chi connectivity index (χ1n) is 5.51. The summed E-state index contributed by atoms with van der Waals surface area (Å²) in [7, 11) is 1.57. The Morgan fingerprint density at radius 3 is 2.72 bits per heavy atom. The molecule has 0 atom stereocenters. The van der Waals surface area contributed by atoms with E-state index in [0.717, 1.165) is 9.92 Å². The molecule has 0 saturated heterocycles. The van der Waals surface area contributed by atoms with Crippen molar-refractivity contribution in [2.24, 2.45) is 0 Å². The number of ether oxygens (including phenoxy) is 1. The summed E-state index contributed by atoms with van der Waals surface area (Å²) in [5, 5.41) is 0.735. The molecule has 1 heterocycles. The van der Waals surface area contributed by atoms with Gasteiger partial charge in [0.05, 0.1) is 7.11 Å². The van der Waals surface area contributed by atoms with Gasteiger partial charge in [-0.05, 0) is 31.0 Å². The highest BCUT2D eigenvalue weighted by Gasteiger charge is 2.12. The molecule has 0 radical (unpaired) electrons. The van der Waals surface area contributed by atoms with Gasteiger partial charge in [0.15, 0.2) is 11.6 Å². The van der Waals surface area contributed by atoms with Crippen molar-refractivity contribution in [1.29, 1.82) is 0 Å². The summed E-state index contributed by atoms with van der Waals surface area (Å²) < 4.78 is 5.25. The second-order valence-electron chi connectivity index (χ2n) is 3.97. The summed E-state index contributed by atoms with van der Waals surface area (Å²) in [5.74, 6) is 0.892. The van der Waals surface area contributed by atoms with Crippen LogP contribution in [-0.4, -0.2) is 17.1 Å². The molecule has 5 heteroatoms. The number of nitrogens with zero attached hydrogens (tertiary/aromatic N) is 2. The van der Waals surface area contributed by atoms with Crippen LogP contribution in [0.2, 0.25) is 0 Å². The number of benzene rings is 1. The van der Waals surface area contributed by atoms with E-state index in [-0.39, 0.29) is 0 Å². The molecule has 1 aromatic carbocycles. The fraction of sp³-hybridized carbons (Fsp3) is 0.231. The van der Waals surface area contributed by atoms with Gasteiger partial charge in [-0.2, -0.15) is 0 Å². The Kier molecular flexibility index (Phi) is 3.72. The number of hydrogen-bond donors (Lipinski definition) is 1. The fourth-order valence-electron chi connectivity index (χ4n) is 1.56. The van der Waals surface area contributed by atoms with Crippen LogP contribution in [0.4, 0.5) is 5.82 Å². The maximum atomic E-state index is 5.76. The van der Waals surface area contributed by atoms with Gasteiger partial charge in [-0.25, -0.2) is 9.97 Å². The average Bonchev–Trinajstić information content (AvgIpc) is 2.34. The molecule has 0 unspecified atom stereocenters. The lowest BCUT2D eigenvalue weighted by atomic mass is 10.2. The van der Waals surface area contributed by atoms with Gasteiger partial charge >= 0.3 is 0 Å². The Balaban J connectivity index is 2.40. The Morgan fingerprint density at radius 2 is 2.00 bits per heavy atom. The molecule has 4 nitrogen and oxygen atoms in total. The lowest BCUT2D eigenvalue weighted by Crippen LogP contribution is -1.99. The Hall–Kier alpha value is -1.75. The normalized spacial score (nSPS) is 10.4. The van der Waals surface area contributed by atoms with E-state index in [1.165, 1.54) is 29.2 Å². The van der Waals surface area contributed by atoms with E-state index in [2.05, 4.69) is 42.0 Å².